The molecule has 0 amide bonds. The van der Waals surface area contributed by atoms with Gasteiger partial charge < -0.3 is 5.11 Å². The minimum Gasteiger partial charge on any atom is -0.390 e. The Hall–Kier alpha value is -1.22. The predicted octanol–water partition coefficient (Wildman–Crippen LogP) is 7.76. The van der Waals surface area contributed by atoms with Gasteiger partial charge in [-0.05, 0) is 64.7 Å². The Morgan fingerprint density at radius 1 is 0.688 bits per heavy atom. The van der Waals surface area contributed by atoms with Gasteiger partial charge in [0.05, 0.1) is 5.60 Å². The molecule has 3 atom stereocenters. The van der Waals surface area contributed by atoms with Crippen LogP contribution < -0.4 is 0 Å². The summed E-state index contributed by atoms with van der Waals surface area (Å²) in [7, 11) is 0. The van der Waals surface area contributed by atoms with Crippen LogP contribution >= 0.6 is 0 Å². The maximum absolute atomic E-state index is 12.6. The van der Waals surface area contributed by atoms with E-state index in [9.17, 15) is 14.7 Å². The second-order valence-electron chi connectivity index (χ2n) is 11.4. The fraction of sp³-hybridized carbons (Fsp3) is 0.793. The largest absolute Gasteiger partial charge is 0.390 e. The van der Waals surface area contributed by atoms with Gasteiger partial charge in [-0.25, -0.2) is 0 Å². The van der Waals surface area contributed by atoms with Crippen LogP contribution in [0.1, 0.15) is 126 Å². The Bertz CT molecular complexity index is 693. The van der Waals surface area contributed by atoms with E-state index in [0.29, 0.717) is 41.1 Å². The van der Waals surface area contributed by atoms with Gasteiger partial charge in [-0.2, -0.15) is 0 Å². The van der Waals surface area contributed by atoms with Crippen molar-refractivity contribution in [3.05, 3.63) is 22.3 Å². The van der Waals surface area contributed by atoms with E-state index in [1.165, 1.54) is 38.5 Å². The number of ketones is 2. The lowest BCUT2D eigenvalue weighted by atomic mass is 9.81. The van der Waals surface area contributed by atoms with Crippen molar-refractivity contribution in [1.29, 1.82) is 0 Å². The Balaban J connectivity index is 2.32. The van der Waals surface area contributed by atoms with Crippen molar-refractivity contribution >= 4 is 11.6 Å². The summed E-state index contributed by atoms with van der Waals surface area (Å²) in [6.45, 7) is 16.4. The first-order valence-electron chi connectivity index (χ1n) is 13.0. The molecule has 0 aliphatic heterocycles. The molecule has 184 valence electrons. The van der Waals surface area contributed by atoms with Crippen molar-refractivity contribution in [3.63, 3.8) is 0 Å². The molecule has 32 heavy (non-hydrogen) atoms. The summed E-state index contributed by atoms with van der Waals surface area (Å²) >= 11 is 0. The average molecular weight is 447 g/mol. The molecule has 0 radical (unpaired) electrons. The molecule has 0 fully saturated rings. The maximum atomic E-state index is 12.6. The van der Waals surface area contributed by atoms with Crippen LogP contribution in [0.5, 0.6) is 0 Å². The zero-order chi connectivity index (χ0) is 24.5. The molecule has 0 heterocycles. The Morgan fingerprint density at radius 3 is 1.69 bits per heavy atom. The Morgan fingerprint density at radius 2 is 1.16 bits per heavy atom. The quantitative estimate of drug-likeness (QED) is 0.261. The van der Waals surface area contributed by atoms with E-state index < -0.39 is 5.60 Å². The van der Waals surface area contributed by atoms with Gasteiger partial charge in [0.25, 0.3) is 0 Å². The molecular weight excluding hydrogens is 396 g/mol. The molecule has 1 aliphatic carbocycles. The molecule has 0 aromatic rings. The van der Waals surface area contributed by atoms with Crippen molar-refractivity contribution in [1.82, 2.24) is 0 Å². The van der Waals surface area contributed by atoms with E-state index in [0.717, 1.165) is 31.1 Å². The molecule has 0 spiro atoms. The number of aliphatic hydroxyl groups is 1. The van der Waals surface area contributed by atoms with E-state index >= 15 is 0 Å². The van der Waals surface area contributed by atoms with Crippen LogP contribution in [0.25, 0.3) is 0 Å². The smallest absolute Gasteiger partial charge is 0.185 e. The summed E-state index contributed by atoms with van der Waals surface area (Å²) in [5, 5.41) is 10.9. The number of allylic oxidation sites excluding steroid dienone is 4. The lowest BCUT2D eigenvalue weighted by molar-refractivity contribution is -0.116. The van der Waals surface area contributed by atoms with Gasteiger partial charge >= 0.3 is 0 Å². The first kappa shape index (κ1) is 28.8. The van der Waals surface area contributed by atoms with Crippen LogP contribution in [0.2, 0.25) is 0 Å². The molecule has 0 aromatic carbocycles. The maximum Gasteiger partial charge on any atom is 0.185 e. The van der Waals surface area contributed by atoms with Crippen molar-refractivity contribution in [2.45, 2.75) is 132 Å². The Kier molecular flexibility index (Phi) is 12.1. The summed E-state index contributed by atoms with van der Waals surface area (Å²) in [5.41, 5.74) is 1.46. The normalized spacial score (nSPS) is 19.1. The van der Waals surface area contributed by atoms with E-state index in [1.807, 2.05) is 6.92 Å². The molecular formula is C29H50O3. The van der Waals surface area contributed by atoms with Crippen LogP contribution in [0.4, 0.5) is 0 Å². The van der Waals surface area contributed by atoms with Crippen LogP contribution in [0.15, 0.2) is 22.3 Å². The number of hydrogen-bond acceptors (Lipinski definition) is 3. The summed E-state index contributed by atoms with van der Waals surface area (Å²) in [4.78, 5) is 24.9. The lowest BCUT2D eigenvalue weighted by Gasteiger charge is -2.26. The first-order chi connectivity index (χ1) is 14.9. The molecule has 0 aromatic heterocycles. The standard InChI is InChI=1S/C29H50O3/c1-20(2)12-9-13-21(3)14-10-15-22(4)16-11-18-29(8,32)19-17-26-25(7)27(30)23(5)24(6)28(26)31/h20-22,32H,9-19H2,1-8H3/t21?,22-,29-/m0/s1. The summed E-state index contributed by atoms with van der Waals surface area (Å²) in [6.07, 6.45) is 11.8. The number of Topliss-reactive ketones (excluding diaryl/α,β-unsaturated/α-hetero) is 2. The lowest BCUT2D eigenvalue weighted by Crippen LogP contribution is -2.27. The van der Waals surface area contributed by atoms with Crippen molar-refractivity contribution in [3.8, 4) is 0 Å². The van der Waals surface area contributed by atoms with Gasteiger partial charge in [0, 0.05) is 22.3 Å². The van der Waals surface area contributed by atoms with E-state index in [4.69, 9.17) is 0 Å². The monoisotopic (exact) mass is 446 g/mol. The number of hydrogen-bond donors (Lipinski definition) is 1. The van der Waals surface area contributed by atoms with E-state index in [1.54, 1.807) is 20.8 Å². The van der Waals surface area contributed by atoms with Gasteiger partial charge in [-0.3, -0.25) is 9.59 Å². The van der Waals surface area contributed by atoms with E-state index in [-0.39, 0.29) is 11.6 Å². The second-order valence-corrected chi connectivity index (χ2v) is 11.4. The van der Waals surface area contributed by atoms with Crippen LogP contribution in [0.3, 0.4) is 0 Å². The highest BCUT2D eigenvalue weighted by molar-refractivity contribution is 6.24. The van der Waals surface area contributed by atoms with Crippen molar-refractivity contribution in [2.75, 3.05) is 0 Å². The minimum absolute atomic E-state index is 0.0255. The number of carbonyl (C=O) groups is 2. The third-order valence-corrected chi connectivity index (χ3v) is 7.51. The molecule has 1 aliphatic rings. The fourth-order valence-corrected chi connectivity index (χ4v) is 4.79. The van der Waals surface area contributed by atoms with Gasteiger partial charge in [-0.15, -0.1) is 0 Å². The third kappa shape index (κ3) is 9.73. The Labute approximate surface area is 198 Å². The van der Waals surface area contributed by atoms with Crippen LogP contribution in [0, 0.1) is 17.8 Å². The molecule has 1 unspecified atom stereocenters. The van der Waals surface area contributed by atoms with Crippen molar-refractivity contribution in [2.24, 2.45) is 17.8 Å². The zero-order valence-electron chi connectivity index (χ0n) is 22.3. The molecule has 3 nitrogen and oxygen atoms in total. The SMILES string of the molecule is CC1=C(C)C(=O)C(CC[C@@](C)(O)CCC[C@@H](C)CCCC(C)CCCC(C)C)=C(C)C1=O. The van der Waals surface area contributed by atoms with Crippen molar-refractivity contribution < 1.29 is 14.7 Å². The molecule has 1 N–H and O–H groups in total. The molecule has 0 saturated carbocycles. The molecule has 0 saturated heterocycles. The minimum atomic E-state index is -0.800. The topological polar surface area (TPSA) is 54.4 Å². The second kappa shape index (κ2) is 13.5. The number of carbonyl (C=O) groups excluding carboxylic acids is 2. The number of rotatable bonds is 15. The predicted molar refractivity (Wildman–Crippen MR) is 136 cm³/mol. The highest BCUT2D eigenvalue weighted by atomic mass is 16.3. The fourth-order valence-electron chi connectivity index (χ4n) is 4.79. The summed E-state index contributed by atoms with van der Waals surface area (Å²) in [6, 6.07) is 0. The molecule has 0 bridgehead atoms. The highest BCUT2D eigenvalue weighted by Crippen LogP contribution is 2.31. The van der Waals surface area contributed by atoms with Gasteiger partial charge in [0.15, 0.2) is 11.6 Å². The first-order valence-corrected chi connectivity index (χ1v) is 13.0. The average Bonchev–Trinajstić information content (AvgIpc) is 2.70. The molecule has 1 rings (SSSR count). The van der Waals surface area contributed by atoms with Gasteiger partial charge in [0.2, 0.25) is 0 Å². The molecule has 3 heteroatoms. The van der Waals surface area contributed by atoms with Crippen LogP contribution in [-0.4, -0.2) is 22.3 Å². The summed E-state index contributed by atoms with van der Waals surface area (Å²) < 4.78 is 0. The zero-order valence-corrected chi connectivity index (χ0v) is 22.3. The summed E-state index contributed by atoms with van der Waals surface area (Å²) in [5.74, 6) is 2.28. The van der Waals surface area contributed by atoms with Crippen LogP contribution in [-0.2, 0) is 9.59 Å². The third-order valence-electron chi connectivity index (χ3n) is 7.51. The van der Waals surface area contributed by atoms with E-state index in [2.05, 4.69) is 27.7 Å². The highest BCUT2D eigenvalue weighted by Gasteiger charge is 2.29. The van der Waals surface area contributed by atoms with Gasteiger partial charge in [-0.1, -0.05) is 79.1 Å². The van der Waals surface area contributed by atoms with Gasteiger partial charge in [0.1, 0.15) is 0 Å².